The Labute approximate surface area is 124 Å². The van der Waals surface area contributed by atoms with Gasteiger partial charge in [-0.1, -0.05) is 0 Å². The minimum Gasteiger partial charge on any atom is -0.494 e. The number of rotatable bonds is 8. The third-order valence-corrected chi connectivity index (χ3v) is 5.07. The third kappa shape index (κ3) is 4.18. The minimum atomic E-state index is -3.79. The maximum absolute atomic E-state index is 12.5. The van der Waals surface area contributed by atoms with E-state index in [-0.39, 0.29) is 17.4 Å². The maximum atomic E-state index is 12.5. The van der Waals surface area contributed by atoms with E-state index in [1.165, 1.54) is 12.1 Å². The summed E-state index contributed by atoms with van der Waals surface area (Å²) in [4.78, 5) is 11.0. The number of carboxylic acid groups (broad SMARTS) is 1. The Morgan fingerprint density at radius 2 is 1.95 bits per heavy atom. The smallest absolute Gasteiger partial charge is 0.318 e. The molecule has 0 unspecified atom stereocenters. The van der Waals surface area contributed by atoms with E-state index in [4.69, 9.17) is 9.84 Å². The molecule has 0 heterocycles. The number of ether oxygens (including phenoxy) is 1. The van der Waals surface area contributed by atoms with Gasteiger partial charge in [-0.25, -0.2) is 8.42 Å². The zero-order chi connectivity index (χ0) is 15.5. The van der Waals surface area contributed by atoms with Gasteiger partial charge in [0.15, 0.2) is 0 Å². The van der Waals surface area contributed by atoms with Gasteiger partial charge in [-0.2, -0.15) is 4.31 Å². The predicted molar refractivity (Wildman–Crippen MR) is 76.7 cm³/mol. The lowest BCUT2D eigenvalue weighted by molar-refractivity contribution is -0.137. The normalized spacial score (nSPS) is 15.1. The highest BCUT2D eigenvalue weighted by atomic mass is 32.2. The summed E-state index contributed by atoms with van der Waals surface area (Å²) < 4.78 is 31.4. The van der Waals surface area contributed by atoms with Crippen molar-refractivity contribution < 1.29 is 23.1 Å². The van der Waals surface area contributed by atoms with Crippen molar-refractivity contribution in [2.75, 3.05) is 19.7 Å². The van der Waals surface area contributed by atoms with E-state index >= 15 is 0 Å². The van der Waals surface area contributed by atoms with Crippen LogP contribution in [0.15, 0.2) is 29.2 Å². The second kappa shape index (κ2) is 6.44. The Morgan fingerprint density at radius 1 is 1.33 bits per heavy atom. The fraction of sp³-hybridized carbons (Fsp3) is 0.500. The largest absolute Gasteiger partial charge is 0.494 e. The Bertz CT molecular complexity index is 592. The van der Waals surface area contributed by atoms with Crippen LogP contribution in [0.5, 0.6) is 5.75 Å². The molecule has 0 spiro atoms. The van der Waals surface area contributed by atoms with Crippen molar-refractivity contribution in [3.05, 3.63) is 24.3 Å². The zero-order valence-corrected chi connectivity index (χ0v) is 12.7. The molecular weight excluding hydrogens is 294 g/mol. The van der Waals surface area contributed by atoms with Crippen LogP contribution in [0.3, 0.4) is 0 Å². The summed E-state index contributed by atoms with van der Waals surface area (Å²) in [6.07, 6.45) is 1.91. The van der Waals surface area contributed by atoms with E-state index in [1.54, 1.807) is 12.1 Å². The van der Waals surface area contributed by atoms with Crippen LogP contribution >= 0.6 is 0 Å². The topological polar surface area (TPSA) is 83.9 Å². The number of hydrogen-bond acceptors (Lipinski definition) is 4. The first-order valence-corrected chi connectivity index (χ1v) is 8.32. The van der Waals surface area contributed by atoms with E-state index in [9.17, 15) is 13.2 Å². The van der Waals surface area contributed by atoms with Crippen molar-refractivity contribution in [1.29, 1.82) is 0 Å². The Kier molecular flexibility index (Phi) is 4.84. The predicted octanol–water partition coefficient (Wildman–Crippen LogP) is 1.57. The van der Waals surface area contributed by atoms with Gasteiger partial charge in [0.05, 0.1) is 11.5 Å². The van der Waals surface area contributed by atoms with Crippen molar-refractivity contribution in [3.63, 3.8) is 0 Å². The molecule has 0 radical (unpaired) electrons. The number of carbonyl (C=O) groups is 1. The Morgan fingerprint density at radius 3 is 2.43 bits per heavy atom. The van der Waals surface area contributed by atoms with Crippen molar-refractivity contribution >= 4 is 16.0 Å². The summed E-state index contributed by atoms with van der Waals surface area (Å²) in [5, 5.41) is 8.92. The van der Waals surface area contributed by atoms with Crippen molar-refractivity contribution in [2.24, 2.45) is 5.92 Å². The molecule has 6 nitrogen and oxygen atoms in total. The molecule has 0 saturated heterocycles. The van der Waals surface area contributed by atoms with E-state index in [0.717, 1.165) is 17.1 Å². The maximum Gasteiger partial charge on any atom is 0.318 e. The van der Waals surface area contributed by atoms with Gasteiger partial charge in [-0.05, 0) is 49.9 Å². The summed E-state index contributed by atoms with van der Waals surface area (Å²) in [7, 11) is -3.79. The molecule has 1 saturated carbocycles. The minimum absolute atomic E-state index is 0.0906. The van der Waals surface area contributed by atoms with Gasteiger partial charge in [0.2, 0.25) is 10.0 Å². The van der Waals surface area contributed by atoms with Gasteiger partial charge >= 0.3 is 5.97 Å². The van der Waals surface area contributed by atoms with Crippen LogP contribution in [0.2, 0.25) is 0 Å². The Hall–Kier alpha value is -1.60. The van der Waals surface area contributed by atoms with Crippen LogP contribution in [-0.4, -0.2) is 43.5 Å². The van der Waals surface area contributed by atoms with Crippen LogP contribution in [0.1, 0.15) is 19.8 Å². The van der Waals surface area contributed by atoms with Gasteiger partial charge in [0.1, 0.15) is 12.3 Å². The van der Waals surface area contributed by atoms with E-state index < -0.39 is 22.5 Å². The second-order valence-corrected chi connectivity index (χ2v) is 6.98. The molecule has 1 aliphatic carbocycles. The van der Waals surface area contributed by atoms with Crippen LogP contribution in [0.25, 0.3) is 0 Å². The molecule has 116 valence electrons. The first-order chi connectivity index (χ1) is 9.93. The van der Waals surface area contributed by atoms with E-state index in [2.05, 4.69) is 0 Å². The molecule has 0 aliphatic heterocycles. The second-order valence-electron chi connectivity index (χ2n) is 5.04. The lowest BCUT2D eigenvalue weighted by Crippen LogP contribution is -2.37. The molecular formula is C14H19NO5S. The van der Waals surface area contributed by atoms with Crippen LogP contribution in [0.4, 0.5) is 0 Å². The van der Waals surface area contributed by atoms with Gasteiger partial charge in [-0.3, -0.25) is 4.79 Å². The van der Waals surface area contributed by atoms with Crippen molar-refractivity contribution in [1.82, 2.24) is 4.31 Å². The standard InChI is InChI=1S/C14H19NO5S/c1-2-20-12-5-7-13(8-6-12)21(18,19)15(10-14(16)17)9-11-3-4-11/h5-8,11H,2-4,9-10H2,1H3,(H,16,17). The molecule has 21 heavy (non-hydrogen) atoms. The number of sulfonamides is 1. The van der Waals surface area contributed by atoms with Gasteiger partial charge in [0, 0.05) is 6.54 Å². The average molecular weight is 313 g/mol. The summed E-state index contributed by atoms with van der Waals surface area (Å²) >= 11 is 0. The lowest BCUT2D eigenvalue weighted by atomic mass is 10.3. The lowest BCUT2D eigenvalue weighted by Gasteiger charge is -2.20. The van der Waals surface area contributed by atoms with Gasteiger partial charge in [0.25, 0.3) is 0 Å². The first-order valence-electron chi connectivity index (χ1n) is 6.88. The highest BCUT2D eigenvalue weighted by Crippen LogP contribution is 2.31. The van der Waals surface area contributed by atoms with Crippen LogP contribution in [0, 0.1) is 5.92 Å². The average Bonchev–Trinajstić information content (AvgIpc) is 3.22. The number of hydrogen-bond donors (Lipinski definition) is 1. The summed E-state index contributed by atoms with van der Waals surface area (Å²) in [6, 6.07) is 6.04. The van der Waals surface area contributed by atoms with Crippen molar-refractivity contribution in [2.45, 2.75) is 24.7 Å². The highest BCUT2D eigenvalue weighted by Gasteiger charge is 2.32. The monoisotopic (exact) mass is 313 g/mol. The van der Waals surface area contributed by atoms with E-state index in [0.29, 0.717) is 12.4 Å². The number of carboxylic acids is 1. The summed E-state index contributed by atoms with van der Waals surface area (Å²) in [5.74, 6) is -0.282. The Balaban J connectivity index is 2.21. The zero-order valence-electron chi connectivity index (χ0n) is 11.9. The number of aliphatic carboxylic acids is 1. The molecule has 1 fully saturated rings. The fourth-order valence-electron chi connectivity index (χ4n) is 2.01. The van der Waals surface area contributed by atoms with Gasteiger partial charge < -0.3 is 9.84 Å². The fourth-order valence-corrected chi connectivity index (χ4v) is 3.48. The summed E-state index contributed by atoms with van der Waals surface area (Å²) in [6.45, 7) is 2.10. The van der Waals surface area contributed by atoms with Gasteiger partial charge in [-0.15, -0.1) is 0 Å². The summed E-state index contributed by atoms with van der Waals surface area (Å²) in [5.41, 5.74) is 0. The molecule has 0 aromatic heterocycles. The molecule has 1 N–H and O–H groups in total. The van der Waals surface area contributed by atoms with E-state index in [1.807, 2.05) is 6.92 Å². The molecule has 2 rings (SSSR count). The quantitative estimate of drug-likeness (QED) is 0.787. The number of nitrogens with zero attached hydrogens (tertiary/aromatic N) is 1. The SMILES string of the molecule is CCOc1ccc(S(=O)(=O)N(CC(=O)O)CC2CC2)cc1. The molecule has 7 heteroatoms. The third-order valence-electron chi connectivity index (χ3n) is 3.24. The molecule has 1 aromatic rings. The molecule has 0 atom stereocenters. The molecule has 1 aliphatic rings. The first kappa shape index (κ1) is 15.8. The molecule has 0 amide bonds. The molecule has 0 bridgehead atoms. The van der Waals surface area contributed by atoms with Crippen LogP contribution < -0.4 is 4.74 Å². The highest BCUT2D eigenvalue weighted by molar-refractivity contribution is 7.89. The van der Waals surface area contributed by atoms with Crippen molar-refractivity contribution in [3.8, 4) is 5.75 Å². The van der Waals surface area contributed by atoms with Crippen LogP contribution in [-0.2, 0) is 14.8 Å². The molecule has 1 aromatic carbocycles. The number of benzene rings is 1.